The first kappa shape index (κ1) is 20.4. The lowest BCUT2D eigenvalue weighted by Crippen LogP contribution is -2.39. The van der Waals surface area contributed by atoms with Crippen LogP contribution < -0.4 is 10.1 Å². The minimum Gasteiger partial charge on any atom is -0.504 e. The van der Waals surface area contributed by atoms with E-state index in [-0.39, 0.29) is 35.6 Å². The van der Waals surface area contributed by atoms with Crippen molar-refractivity contribution in [3.63, 3.8) is 0 Å². The van der Waals surface area contributed by atoms with Gasteiger partial charge in [0.1, 0.15) is 0 Å². The van der Waals surface area contributed by atoms with Crippen LogP contribution in [0, 0.1) is 17.8 Å². The maximum absolute atomic E-state index is 13.1. The molecule has 164 valence electrons. The molecule has 1 fully saturated rings. The Hall–Kier alpha value is -3.48. The summed E-state index contributed by atoms with van der Waals surface area (Å²) in [5.41, 5.74) is 2.32. The van der Waals surface area contributed by atoms with Gasteiger partial charge >= 0.3 is 0 Å². The number of phenolic OH excluding ortho intramolecular Hbond substituents is 1. The number of amides is 2. The molecule has 4 atom stereocenters. The van der Waals surface area contributed by atoms with Gasteiger partial charge in [0.15, 0.2) is 23.1 Å². The van der Waals surface area contributed by atoms with Gasteiger partial charge in [0, 0.05) is 28.2 Å². The van der Waals surface area contributed by atoms with E-state index in [0.717, 1.165) is 5.57 Å². The maximum Gasteiger partial charge on any atom is 0.231 e. The van der Waals surface area contributed by atoms with Crippen molar-refractivity contribution in [3.05, 3.63) is 58.2 Å². The number of phenols is 1. The summed E-state index contributed by atoms with van der Waals surface area (Å²) in [6.45, 7) is 3.76. The molecule has 32 heavy (non-hydrogen) atoms. The number of Topliss-reactive ketones (excluding diaryl/α,β-unsaturated/α-hetero) is 1. The molecular formula is C25H23NO6. The fraction of sp³-hybridized carbons (Fsp3) is 0.360. The summed E-state index contributed by atoms with van der Waals surface area (Å²) in [5, 5.41) is 13.4. The molecule has 1 aromatic carbocycles. The third kappa shape index (κ3) is 2.80. The van der Waals surface area contributed by atoms with Gasteiger partial charge in [0.05, 0.1) is 18.4 Å². The monoisotopic (exact) mass is 433 g/mol. The predicted octanol–water partition coefficient (Wildman–Crippen LogP) is 2.51. The third-order valence-corrected chi connectivity index (χ3v) is 7.05. The normalized spacial score (nSPS) is 29.1. The van der Waals surface area contributed by atoms with E-state index >= 15 is 0 Å². The summed E-state index contributed by atoms with van der Waals surface area (Å²) in [6, 6.07) is 5.09. The topological polar surface area (TPSA) is 110 Å². The summed E-state index contributed by atoms with van der Waals surface area (Å²) in [7, 11) is 0. The summed E-state index contributed by atoms with van der Waals surface area (Å²) < 4.78 is 5.55. The highest BCUT2D eigenvalue weighted by molar-refractivity contribution is 6.23. The molecule has 4 aliphatic rings. The fourth-order valence-electron chi connectivity index (χ4n) is 5.69. The molecule has 0 radical (unpaired) electrons. The van der Waals surface area contributed by atoms with Crippen molar-refractivity contribution < 1.29 is 29.0 Å². The number of nitrogens with one attached hydrogen (secondary N) is 1. The van der Waals surface area contributed by atoms with Crippen LogP contribution in [0.25, 0.3) is 0 Å². The lowest BCUT2D eigenvalue weighted by molar-refractivity contribution is -0.126. The summed E-state index contributed by atoms with van der Waals surface area (Å²) in [5.74, 6) is -3.09. The van der Waals surface area contributed by atoms with Crippen molar-refractivity contribution in [1.82, 2.24) is 5.32 Å². The summed E-state index contributed by atoms with van der Waals surface area (Å²) in [6.07, 6.45) is 3.85. The summed E-state index contributed by atoms with van der Waals surface area (Å²) >= 11 is 0. The molecule has 3 aliphatic carbocycles. The second-order valence-corrected chi connectivity index (χ2v) is 8.71. The van der Waals surface area contributed by atoms with E-state index < -0.39 is 23.7 Å². The van der Waals surface area contributed by atoms with E-state index in [4.69, 9.17) is 4.74 Å². The molecule has 5 rings (SSSR count). The van der Waals surface area contributed by atoms with Crippen molar-refractivity contribution in [2.75, 3.05) is 6.61 Å². The number of benzene rings is 1. The molecule has 1 saturated heterocycles. The molecule has 2 N–H and O–H groups in total. The average molecular weight is 433 g/mol. The zero-order valence-electron chi connectivity index (χ0n) is 17.8. The van der Waals surface area contributed by atoms with Gasteiger partial charge < -0.3 is 9.84 Å². The molecule has 1 aliphatic heterocycles. The number of carbonyl (C=O) groups excluding carboxylic acids is 4. The number of carbonyl (C=O) groups is 4. The molecule has 0 bridgehead atoms. The zero-order valence-corrected chi connectivity index (χ0v) is 17.8. The summed E-state index contributed by atoms with van der Waals surface area (Å²) in [4.78, 5) is 51.2. The average Bonchev–Trinajstić information content (AvgIpc) is 3.06. The number of ether oxygens (including phenoxy) is 1. The second-order valence-electron chi connectivity index (χ2n) is 8.71. The number of aromatic hydroxyl groups is 1. The second kappa shape index (κ2) is 7.29. The molecule has 4 unspecified atom stereocenters. The van der Waals surface area contributed by atoms with Gasteiger partial charge in [0.25, 0.3) is 0 Å². The molecule has 0 spiro atoms. The Labute approximate surface area is 184 Å². The van der Waals surface area contributed by atoms with E-state index in [1.165, 1.54) is 6.08 Å². The van der Waals surface area contributed by atoms with Gasteiger partial charge in [-0.1, -0.05) is 23.8 Å². The van der Waals surface area contributed by atoms with Crippen molar-refractivity contribution in [2.45, 2.75) is 32.6 Å². The van der Waals surface area contributed by atoms with Crippen LogP contribution in [0.15, 0.2) is 52.6 Å². The Balaban J connectivity index is 1.73. The Morgan fingerprint density at radius 1 is 1.12 bits per heavy atom. The quantitative estimate of drug-likeness (QED) is 0.431. The van der Waals surface area contributed by atoms with Crippen LogP contribution in [-0.2, 0) is 19.2 Å². The number of para-hydroxylation sites is 1. The van der Waals surface area contributed by atoms with Crippen LogP contribution in [0.5, 0.6) is 11.5 Å². The van der Waals surface area contributed by atoms with Crippen molar-refractivity contribution >= 4 is 23.4 Å². The van der Waals surface area contributed by atoms with Crippen LogP contribution >= 0.6 is 0 Å². The molecular weight excluding hydrogens is 410 g/mol. The van der Waals surface area contributed by atoms with Gasteiger partial charge in [-0.15, -0.1) is 0 Å². The van der Waals surface area contributed by atoms with Crippen LogP contribution in [0.3, 0.4) is 0 Å². The predicted molar refractivity (Wildman–Crippen MR) is 114 cm³/mol. The van der Waals surface area contributed by atoms with Gasteiger partial charge in [-0.05, 0) is 44.7 Å². The largest absolute Gasteiger partial charge is 0.504 e. The lowest BCUT2D eigenvalue weighted by atomic mass is 9.59. The first-order valence-electron chi connectivity index (χ1n) is 10.8. The van der Waals surface area contributed by atoms with E-state index in [2.05, 4.69) is 5.32 Å². The van der Waals surface area contributed by atoms with E-state index in [1.54, 1.807) is 32.0 Å². The number of allylic oxidation sites excluding steroid dienone is 6. The minimum absolute atomic E-state index is 0.0895. The Morgan fingerprint density at radius 2 is 1.91 bits per heavy atom. The molecule has 0 saturated carbocycles. The van der Waals surface area contributed by atoms with Crippen molar-refractivity contribution in [1.29, 1.82) is 0 Å². The number of imide groups is 1. The van der Waals surface area contributed by atoms with Gasteiger partial charge in [0.2, 0.25) is 11.8 Å². The Kier molecular flexibility index (Phi) is 4.65. The van der Waals surface area contributed by atoms with E-state index in [9.17, 15) is 24.3 Å². The maximum atomic E-state index is 13.1. The number of rotatable bonds is 3. The SMILES string of the molecule is CCOc1cccc(C2C3=CCC4C(=O)NC(=O)C4C3CC3=C2C(=O)C=C(C)C3=O)c1O. The molecule has 2 amide bonds. The highest BCUT2D eigenvalue weighted by Gasteiger charge is 2.53. The molecule has 1 aromatic rings. The molecule has 7 nitrogen and oxygen atoms in total. The standard InChI is InChI=1S/C25H23NO6/c1-3-32-18-6-4-5-13(23(18)29)19-12-7-8-14-20(25(31)26-24(14)30)15(12)10-16-21(19)17(27)9-11(2)22(16)28/h4-7,9,14-15,19-20,29H,3,8,10H2,1-2H3,(H,26,30,31). The highest BCUT2D eigenvalue weighted by atomic mass is 16.5. The van der Waals surface area contributed by atoms with E-state index in [0.29, 0.717) is 41.1 Å². The van der Waals surface area contributed by atoms with Crippen molar-refractivity contribution in [3.8, 4) is 11.5 Å². The van der Waals surface area contributed by atoms with Crippen molar-refractivity contribution in [2.24, 2.45) is 17.8 Å². The number of ketones is 2. The highest BCUT2D eigenvalue weighted by Crippen LogP contribution is 2.55. The smallest absolute Gasteiger partial charge is 0.231 e. The first-order valence-corrected chi connectivity index (χ1v) is 10.8. The number of hydrogen-bond acceptors (Lipinski definition) is 6. The van der Waals surface area contributed by atoms with E-state index in [1.807, 2.05) is 6.08 Å². The number of hydrogen-bond donors (Lipinski definition) is 2. The third-order valence-electron chi connectivity index (χ3n) is 7.05. The Bertz CT molecular complexity index is 1190. The molecule has 1 heterocycles. The number of fused-ring (bicyclic) bond motifs is 3. The molecule has 7 heteroatoms. The first-order chi connectivity index (χ1) is 15.3. The van der Waals surface area contributed by atoms with Crippen LogP contribution in [0.2, 0.25) is 0 Å². The lowest BCUT2D eigenvalue weighted by Gasteiger charge is -2.42. The van der Waals surface area contributed by atoms with Crippen LogP contribution in [-0.4, -0.2) is 35.1 Å². The van der Waals surface area contributed by atoms with Crippen LogP contribution in [0.1, 0.15) is 38.2 Å². The van der Waals surface area contributed by atoms with Gasteiger partial charge in [-0.2, -0.15) is 0 Å². The van der Waals surface area contributed by atoms with Crippen LogP contribution in [0.4, 0.5) is 0 Å². The minimum atomic E-state index is -0.686. The zero-order chi connectivity index (χ0) is 22.7. The Morgan fingerprint density at radius 3 is 2.66 bits per heavy atom. The molecule has 0 aromatic heterocycles. The van der Waals surface area contributed by atoms with Gasteiger partial charge in [-0.3, -0.25) is 24.5 Å². The van der Waals surface area contributed by atoms with Gasteiger partial charge in [-0.25, -0.2) is 0 Å². The fourth-order valence-corrected chi connectivity index (χ4v) is 5.69.